The van der Waals surface area contributed by atoms with Gasteiger partial charge in [-0.2, -0.15) is 5.10 Å². The molecule has 1 aliphatic heterocycles. The maximum absolute atomic E-state index is 11.8. The molecule has 1 aliphatic rings. The van der Waals surface area contributed by atoms with Gasteiger partial charge in [-0.15, -0.1) is 5.11 Å². The van der Waals surface area contributed by atoms with Gasteiger partial charge < -0.3 is 20.2 Å². The highest BCUT2D eigenvalue weighted by molar-refractivity contribution is 6.00. The number of hydrogen-bond donors (Lipinski definition) is 2. The highest BCUT2D eigenvalue weighted by Gasteiger charge is 2.23. The van der Waals surface area contributed by atoms with Crippen LogP contribution in [0.15, 0.2) is 65.3 Å². The number of carbonyl (C=O) groups is 1. The van der Waals surface area contributed by atoms with Crippen molar-refractivity contribution in [2.75, 3.05) is 20.2 Å². The van der Waals surface area contributed by atoms with Gasteiger partial charge in [0.25, 0.3) is 0 Å². The minimum absolute atomic E-state index is 0.0363. The number of ether oxygens (including phenoxy) is 2. The Bertz CT molecular complexity index is 965. The molecule has 3 rings (SSSR count). The highest BCUT2D eigenvalue weighted by atomic mass is 16.5. The van der Waals surface area contributed by atoms with E-state index < -0.39 is 0 Å². The molecule has 156 valence electrons. The lowest BCUT2D eigenvalue weighted by atomic mass is 10.0. The van der Waals surface area contributed by atoms with Crippen molar-refractivity contribution in [2.45, 2.75) is 18.9 Å². The van der Waals surface area contributed by atoms with Crippen molar-refractivity contribution in [1.29, 1.82) is 5.53 Å². The fourth-order valence-electron chi connectivity index (χ4n) is 3.52. The zero-order valence-electron chi connectivity index (χ0n) is 16.9. The summed E-state index contributed by atoms with van der Waals surface area (Å²) in [6.45, 7) is 4.77. The number of piperidine rings is 1. The summed E-state index contributed by atoms with van der Waals surface area (Å²) in [6.07, 6.45) is 2.73. The maximum Gasteiger partial charge on any atom is 0.245 e. The lowest BCUT2D eigenvalue weighted by Gasteiger charge is -2.31. The number of carbonyl (C=O) groups excluding carboxylic acids is 1. The monoisotopic (exact) mass is 407 g/mol. The van der Waals surface area contributed by atoms with Crippen LogP contribution >= 0.6 is 0 Å². The smallest absolute Gasteiger partial charge is 0.245 e. The van der Waals surface area contributed by atoms with Gasteiger partial charge in [0.1, 0.15) is 17.6 Å². The Kier molecular flexibility index (Phi) is 6.79. The maximum atomic E-state index is 11.8. The summed E-state index contributed by atoms with van der Waals surface area (Å²) < 4.78 is 11.7. The standard InChI is InChI=1S/C22H25N5O3/c1-3-21(28)27-10-8-17(9-11-27)30-18-13-15(12-16(14-18)22(25-23)26-24)19-6-4-5-7-20(19)29-2/h3-7,12-14,17,23H,1,8-11,24H2,2H3/b25-23?,26-22-. The second-order valence-electron chi connectivity index (χ2n) is 6.86. The molecule has 0 spiro atoms. The van der Waals surface area contributed by atoms with Crippen LogP contribution < -0.4 is 15.3 Å². The third kappa shape index (κ3) is 4.65. The van der Waals surface area contributed by atoms with Crippen molar-refractivity contribution < 1.29 is 14.3 Å². The van der Waals surface area contributed by atoms with E-state index in [9.17, 15) is 4.79 Å². The Morgan fingerprint density at radius 2 is 2.00 bits per heavy atom. The van der Waals surface area contributed by atoms with Crippen LogP contribution in [-0.2, 0) is 4.79 Å². The first kappa shape index (κ1) is 21.0. The minimum Gasteiger partial charge on any atom is -0.496 e. The molecule has 1 heterocycles. The summed E-state index contributed by atoms with van der Waals surface area (Å²) in [7, 11) is 1.62. The summed E-state index contributed by atoms with van der Waals surface area (Å²) in [4.78, 5) is 13.5. The summed E-state index contributed by atoms with van der Waals surface area (Å²) in [6, 6.07) is 13.2. The molecule has 2 aromatic rings. The topological polar surface area (TPSA) is 113 Å². The fourth-order valence-corrected chi connectivity index (χ4v) is 3.52. The second kappa shape index (κ2) is 9.69. The zero-order chi connectivity index (χ0) is 21.5. The second-order valence-corrected chi connectivity index (χ2v) is 6.86. The number of methoxy groups -OCH3 is 1. The largest absolute Gasteiger partial charge is 0.496 e. The van der Waals surface area contributed by atoms with E-state index in [-0.39, 0.29) is 17.8 Å². The van der Waals surface area contributed by atoms with E-state index >= 15 is 0 Å². The molecular formula is C22H25N5O3. The number of hydrazone groups is 1. The van der Waals surface area contributed by atoms with Crippen molar-refractivity contribution in [1.82, 2.24) is 4.90 Å². The van der Waals surface area contributed by atoms with Crippen LogP contribution in [0.25, 0.3) is 11.1 Å². The minimum atomic E-state index is -0.0604. The fraction of sp³-hybridized carbons (Fsp3) is 0.273. The average Bonchev–Trinajstić information content (AvgIpc) is 2.79. The van der Waals surface area contributed by atoms with E-state index in [2.05, 4.69) is 16.8 Å². The molecule has 2 aromatic carbocycles. The van der Waals surface area contributed by atoms with Gasteiger partial charge in [0, 0.05) is 37.1 Å². The van der Waals surface area contributed by atoms with Crippen LogP contribution in [0.3, 0.4) is 0 Å². The molecule has 0 atom stereocenters. The average molecular weight is 407 g/mol. The molecule has 3 N–H and O–H groups in total. The van der Waals surface area contributed by atoms with Crippen LogP contribution in [0.2, 0.25) is 0 Å². The van der Waals surface area contributed by atoms with E-state index in [1.54, 1.807) is 18.1 Å². The summed E-state index contributed by atoms with van der Waals surface area (Å²) in [5.74, 6) is 6.79. The number of benzene rings is 2. The van der Waals surface area contributed by atoms with Gasteiger partial charge in [-0.25, -0.2) is 5.53 Å². The van der Waals surface area contributed by atoms with Crippen LogP contribution in [0.5, 0.6) is 11.5 Å². The number of hydrogen-bond acceptors (Lipinski definition) is 6. The predicted octanol–water partition coefficient (Wildman–Crippen LogP) is 3.57. The normalized spacial score (nSPS) is 14.8. The molecule has 8 heteroatoms. The molecule has 1 amide bonds. The van der Waals surface area contributed by atoms with Crippen LogP contribution in [0.1, 0.15) is 18.4 Å². The van der Waals surface area contributed by atoms with E-state index in [1.165, 1.54) is 6.08 Å². The summed E-state index contributed by atoms with van der Waals surface area (Å²) >= 11 is 0. The van der Waals surface area contributed by atoms with Crippen LogP contribution in [-0.4, -0.2) is 42.9 Å². The first-order chi connectivity index (χ1) is 14.6. The van der Waals surface area contributed by atoms with Crippen molar-refractivity contribution in [3.63, 3.8) is 0 Å². The van der Waals surface area contributed by atoms with Gasteiger partial charge in [0.2, 0.25) is 5.91 Å². The Morgan fingerprint density at radius 1 is 1.27 bits per heavy atom. The zero-order valence-corrected chi connectivity index (χ0v) is 16.9. The molecule has 0 bridgehead atoms. The van der Waals surface area contributed by atoms with Gasteiger partial charge in [-0.3, -0.25) is 4.79 Å². The number of nitrogens with zero attached hydrogens (tertiary/aromatic N) is 3. The molecule has 0 aromatic heterocycles. The summed E-state index contributed by atoms with van der Waals surface area (Å²) in [5, 5.41) is 7.02. The third-order valence-electron chi connectivity index (χ3n) is 5.04. The number of para-hydroxylation sites is 1. The van der Waals surface area contributed by atoms with Gasteiger partial charge in [0.05, 0.1) is 7.11 Å². The Hall–Kier alpha value is -3.68. The molecule has 0 radical (unpaired) electrons. The molecular weight excluding hydrogens is 382 g/mol. The molecule has 0 saturated carbocycles. The number of rotatable bonds is 6. The quantitative estimate of drug-likeness (QED) is 0.190. The van der Waals surface area contributed by atoms with Crippen LogP contribution in [0.4, 0.5) is 0 Å². The first-order valence-electron chi connectivity index (χ1n) is 9.61. The number of amides is 1. The number of nitrogens with two attached hydrogens (primary N) is 1. The van der Waals surface area contributed by atoms with Crippen molar-refractivity contribution >= 4 is 11.7 Å². The van der Waals surface area contributed by atoms with Gasteiger partial charge in [0.15, 0.2) is 5.84 Å². The van der Waals surface area contributed by atoms with Crippen LogP contribution in [0, 0.1) is 5.53 Å². The third-order valence-corrected chi connectivity index (χ3v) is 5.04. The van der Waals surface area contributed by atoms with Crippen molar-refractivity contribution in [2.24, 2.45) is 16.1 Å². The molecule has 8 nitrogen and oxygen atoms in total. The van der Waals surface area contributed by atoms with Gasteiger partial charge in [-0.1, -0.05) is 24.8 Å². The Balaban J connectivity index is 1.91. The lowest BCUT2D eigenvalue weighted by Crippen LogP contribution is -2.41. The molecule has 1 saturated heterocycles. The van der Waals surface area contributed by atoms with Crippen molar-refractivity contribution in [3.8, 4) is 22.6 Å². The number of amidine groups is 1. The molecule has 0 aliphatic carbocycles. The van der Waals surface area contributed by atoms with E-state index in [1.807, 2.05) is 36.4 Å². The molecule has 1 fully saturated rings. The molecule has 0 unspecified atom stereocenters. The summed E-state index contributed by atoms with van der Waals surface area (Å²) in [5.41, 5.74) is 9.64. The SMILES string of the molecule is C=CC(=O)N1CCC(Oc2cc(/C(N=N)=N/N)cc(-c3ccccc3OC)c2)CC1. The Labute approximate surface area is 175 Å². The van der Waals surface area contributed by atoms with E-state index in [0.29, 0.717) is 43.0 Å². The molecule has 30 heavy (non-hydrogen) atoms. The van der Waals surface area contributed by atoms with E-state index in [0.717, 1.165) is 11.1 Å². The van der Waals surface area contributed by atoms with Crippen molar-refractivity contribution in [3.05, 3.63) is 60.7 Å². The predicted molar refractivity (Wildman–Crippen MR) is 115 cm³/mol. The Morgan fingerprint density at radius 3 is 2.63 bits per heavy atom. The van der Waals surface area contributed by atoms with Gasteiger partial charge >= 0.3 is 0 Å². The first-order valence-corrected chi connectivity index (χ1v) is 9.61. The number of likely N-dealkylation sites (tertiary alicyclic amines) is 1. The highest BCUT2D eigenvalue weighted by Crippen LogP contribution is 2.34. The lowest BCUT2D eigenvalue weighted by molar-refractivity contribution is -0.127. The number of nitrogens with one attached hydrogen (secondary N) is 1. The van der Waals surface area contributed by atoms with Gasteiger partial charge in [-0.05, 0) is 35.9 Å². The van der Waals surface area contributed by atoms with E-state index in [4.69, 9.17) is 20.8 Å².